The second-order valence-corrected chi connectivity index (χ2v) is 3.69. The second-order valence-electron chi connectivity index (χ2n) is 3.69. The lowest BCUT2D eigenvalue weighted by Crippen LogP contribution is -1.95. The Morgan fingerprint density at radius 3 is 2.38 bits per heavy atom. The molecule has 4 heteroatoms. The highest BCUT2D eigenvalue weighted by Gasteiger charge is 2.11. The number of methoxy groups -OCH3 is 2. The molecule has 1 heterocycles. The summed E-state index contributed by atoms with van der Waals surface area (Å²) in [6, 6.07) is 3.93. The molecule has 0 unspecified atom stereocenters. The van der Waals surface area contributed by atoms with Gasteiger partial charge >= 0.3 is 0 Å². The lowest BCUT2D eigenvalue weighted by molar-refractivity contribution is 0.355. The summed E-state index contributed by atoms with van der Waals surface area (Å²) < 4.78 is 12.6. The Bertz CT molecular complexity index is 517. The molecule has 0 amide bonds. The third-order valence-corrected chi connectivity index (χ3v) is 2.80. The van der Waals surface area contributed by atoms with Crippen molar-refractivity contribution >= 4 is 10.9 Å². The average Bonchev–Trinajstić information content (AvgIpc) is 2.63. The standard InChI is InChI=1S/C12H16N2O2/c1-14-7-8(6-13)9-4-11(15-2)12(16-3)5-10(9)14/h4-5,7H,6,13H2,1-3H3. The first-order valence-corrected chi connectivity index (χ1v) is 5.11. The van der Waals surface area contributed by atoms with Crippen molar-refractivity contribution in [3.8, 4) is 11.5 Å². The molecule has 2 N–H and O–H groups in total. The van der Waals surface area contributed by atoms with Crippen molar-refractivity contribution in [2.24, 2.45) is 12.8 Å². The fraction of sp³-hybridized carbons (Fsp3) is 0.333. The highest BCUT2D eigenvalue weighted by Crippen LogP contribution is 2.34. The van der Waals surface area contributed by atoms with E-state index in [-0.39, 0.29) is 0 Å². The van der Waals surface area contributed by atoms with Crippen LogP contribution in [-0.2, 0) is 13.6 Å². The zero-order valence-electron chi connectivity index (χ0n) is 9.78. The molecule has 0 saturated carbocycles. The van der Waals surface area contributed by atoms with Gasteiger partial charge in [-0.3, -0.25) is 0 Å². The summed E-state index contributed by atoms with van der Waals surface area (Å²) in [6.45, 7) is 0.521. The number of rotatable bonds is 3. The molecule has 0 bridgehead atoms. The van der Waals surface area contributed by atoms with Crippen LogP contribution in [0.25, 0.3) is 10.9 Å². The number of hydrogen-bond donors (Lipinski definition) is 1. The Hall–Kier alpha value is -1.68. The van der Waals surface area contributed by atoms with Crippen LogP contribution in [0.15, 0.2) is 18.3 Å². The molecule has 2 aromatic rings. The fourth-order valence-electron chi connectivity index (χ4n) is 1.95. The number of benzene rings is 1. The van der Waals surface area contributed by atoms with E-state index in [1.807, 2.05) is 29.9 Å². The summed E-state index contributed by atoms with van der Waals surface area (Å²) in [5.41, 5.74) is 7.91. The topological polar surface area (TPSA) is 49.4 Å². The van der Waals surface area contributed by atoms with Crippen molar-refractivity contribution in [1.29, 1.82) is 0 Å². The summed E-state index contributed by atoms with van der Waals surface area (Å²) >= 11 is 0. The molecule has 1 aromatic carbocycles. The fourth-order valence-corrected chi connectivity index (χ4v) is 1.95. The Morgan fingerprint density at radius 2 is 1.81 bits per heavy atom. The number of fused-ring (bicyclic) bond motifs is 1. The van der Waals surface area contributed by atoms with E-state index in [0.717, 1.165) is 28.0 Å². The average molecular weight is 220 g/mol. The van der Waals surface area contributed by atoms with Gasteiger partial charge in [-0.05, 0) is 11.6 Å². The number of aromatic nitrogens is 1. The quantitative estimate of drug-likeness (QED) is 0.855. The van der Waals surface area contributed by atoms with E-state index in [0.29, 0.717) is 6.54 Å². The third-order valence-electron chi connectivity index (χ3n) is 2.80. The van der Waals surface area contributed by atoms with Crippen LogP contribution < -0.4 is 15.2 Å². The molecule has 2 rings (SSSR count). The van der Waals surface area contributed by atoms with Gasteiger partial charge in [0.15, 0.2) is 11.5 Å². The van der Waals surface area contributed by atoms with E-state index in [1.165, 1.54) is 0 Å². The number of aryl methyl sites for hydroxylation is 1. The third kappa shape index (κ3) is 1.51. The predicted octanol–water partition coefficient (Wildman–Crippen LogP) is 1.65. The van der Waals surface area contributed by atoms with Gasteiger partial charge in [0.05, 0.1) is 19.7 Å². The zero-order chi connectivity index (χ0) is 11.7. The normalized spacial score (nSPS) is 10.8. The van der Waals surface area contributed by atoms with Gasteiger partial charge in [0.2, 0.25) is 0 Å². The molecule has 1 aromatic heterocycles. The monoisotopic (exact) mass is 220 g/mol. The first-order valence-electron chi connectivity index (χ1n) is 5.11. The number of nitrogens with zero attached hydrogens (tertiary/aromatic N) is 1. The van der Waals surface area contributed by atoms with E-state index >= 15 is 0 Å². The summed E-state index contributed by atoms with van der Waals surface area (Å²) in [5.74, 6) is 1.47. The van der Waals surface area contributed by atoms with Crippen LogP contribution in [0.3, 0.4) is 0 Å². The first kappa shape index (κ1) is 10.8. The molecule has 86 valence electrons. The maximum absolute atomic E-state index is 5.71. The van der Waals surface area contributed by atoms with Crippen molar-refractivity contribution in [2.45, 2.75) is 6.54 Å². The summed E-state index contributed by atoms with van der Waals surface area (Å²) in [4.78, 5) is 0. The molecule has 16 heavy (non-hydrogen) atoms. The Labute approximate surface area is 94.6 Å². The van der Waals surface area contributed by atoms with Gasteiger partial charge in [0.1, 0.15) is 0 Å². The minimum Gasteiger partial charge on any atom is -0.493 e. The first-order chi connectivity index (χ1) is 7.71. The highest BCUT2D eigenvalue weighted by atomic mass is 16.5. The van der Waals surface area contributed by atoms with E-state index in [2.05, 4.69) is 0 Å². The molecule has 0 fully saturated rings. The van der Waals surface area contributed by atoms with Gasteiger partial charge in [0.25, 0.3) is 0 Å². The highest BCUT2D eigenvalue weighted by molar-refractivity contribution is 5.87. The van der Waals surface area contributed by atoms with Crippen molar-refractivity contribution < 1.29 is 9.47 Å². The molecule has 0 aliphatic carbocycles. The lowest BCUT2D eigenvalue weighted by Gasteiger charge is -2.08. The van der Waals surface area contributed by atoms with Crippen LogP contribution in [0, 0.1) is 0 Å². The summed E-state index contributed by atoms with van der Waals surface area (Å²) in [5, 5.41) is 1.11. The molecule has 0 aliphatic heterocycles. The van der Waals surface area contributed by atoms with Crippen LogP contribution in [0.4, 0.5) is 0 Å². The summed E-state index contributed by atoms with van der Waals surface area (Å²) in [6.07, 6.45) is 2.03. The van der Waals surface area contributed by atoms with E-state index < -0.39 is 0 Å². The zero-order valence-corrected chi connectivity index (χ0v) is 9.78. The van der Waals surface area contributed by atoms with Crippen LogP contribution in [0.1, 0.15) is 5.56 Å². The number of hydrogen-bond acceptors (Lipinski definition) is 3. The Kier molecular flexibility index (Phi) is 2.75. The van der Waals surface area contributed by atoms with Gasteiger partial charge in [-0.25, -0.2) is 0 Å². The van der Waals surface area contributed by atoms with Crippen molar-refractivity contribution in [3.63, 3.8) is 0 Å². The maximum Gasteiger partial charge on any atom is 0.162 e. The van der Waals surface area contributed by atoms with Gasteiger partial charge in [-0.15, -0.1) is 0 Å². The van der Waals surface area contributed by atoms with Crippen molar-refractivity contribution in [3.05, 3.63) is 23.9 Å². The number of nitrogens with two attached hydrogens (primary N) is 1. The van der Waals surface area contributed by atoms with Crippen molar-refractivity contribution in [2.75, 3.05) is 14.2 Å². The van der Waals surface area contributed by atoms with Crippen molar-refractivity contribution in [1.82, 2.24) is 4.57 Å². The molecular weight excluding hydrogens is 204 g/mol. The largest absolute Gasteiger partial charge is 0.493 e. The SMILES string of the molecule is COc1cc2c(CN)cn(C)c2cc1OC. The van der Waals surface area contributed by atoms with Crippen LogP contribution >= 0.6 is 0 Å². The maximum atomic E-state index is 5.71. The van der Waals surface area contributed by atoms with Crippen LogP contribution in [0.5, 0.6) is 11.5 Å². The molecule has 0 saturated heterocycles. The molecule has 4 nitrogen and oxygen atoms in total. The molecule has 0 radical (unpaired) electrons. The Morgan fingerprint density at radius 1 is 1.19 bits per heavy atom. The van der Waals surface area contributed by atoms with E-state index in [9.17, 15) is 0 Å². The molecular formula is C12H16N2O2. The van der Waals surface area contributed by atoms with Crippen LogP contribution in [-0.4, -0.2) is 18.8 Å². The van der Waals surface area contributed by atoms with E-state index in [1.54, 1.807) is 14.2 Å². The molecule has 0 aliphatic rings. The minimum atomic E-state index is 0.521. The molecule has 0 atom stereocenters. The Balaban J connectivity index is 2.74. The number of ether oxygens (including phenoxy) is 2. The predicted molar refractivity (Wildman–Crippen MR) is 63.9 cm³/mol. The van der Waals surface area contributed by atoms with Gasteiger partial charge in [-0.1, -0.05) is 0 Å². The van der Waals surface area contributed by atoms with Gasteiger partial charge in [-0.2, -0.15) is 0 Å². The minimum absolute atomic E-state index is 0.521. The smallest absolute Gasteiger partial charge is 0.162 e. The van der Waals surface area contributed by atoms with E-state index in [4.69, 9.17) is 15.2 Å². The van der Waals surface area contributed by atoms with Gasteiger partial charge in [0, 0.05) is 31.2 Å². The van der Waals surface area contributed by atoms with Crippen LogP contribution in [0.2, 0.25) is 0 Å². The van der Waals surface area contributed by atoms with Gasteiger partial charge < -0.3 is 19.8 Å². The lowest BCUT2D eigenvalue weighted by atomic mass is 10.1. The second kappa shape index (κ2) is 4.06. The summed E-state index contributed by atoms with van der Waals surface area (Å²) in [7, 11) is 5.26. The molecule has 0 spiro atoms.